The maximum atomic E-state index is 10.8. The zero-order chi connectivity index (χ0) is 11.3. The molecule has 0 radical (unpaired) electrons. The lowest BCUT2D eigenvalue weighted by Gasteiger charge is -2.10. The molecule has 0 aliphatic rings. The molecule has 1 amide bonds. The summed E-state index contributed by atoms with van der Waals surface area (Å²) in [7, 11) is 0. The van der Waals surface area contributed by atoms with Crippen molar-refractivity contribution in [3.63, 3.8) is 0 Å². The summed E-state index contributed by atoms with van der Waals surface area (Å²) in [5.41, 5.74) is 6.54. The van der Waals surface area contributed by atoms with Crippen LogP contribution in [0.5, 0.6) is 0 Å². The third kappa shape index (κ3) is 3.31. The Morgan fingerprint density at radius 3 is 3.00 bits per heavy atom. The maximum Gasteiger partial charge on any atom is 0.222 e. The van der Waals surface area contributed by atoms with E-state index in [1.54, 1.807) is 25.1 Å². The second-order valence-electron chi connectivity index (χ2n) is 3.38. The minimum atomic E-state index is -0.334. The van der Waals surface area contributed by atoms with Gasteiger partial charge in [-0.25, -0.2) is 0 Å². The Hall–Kier alpha value is -2.02. The number of nitriles is 1. The Bertz CT molecular complexity index is 395. The van der Waals surface area contributed by atoms with Crippen molar-refractivity contribution in [1.29, 1.82) is 5.26 Å². The minimum Gasteiger partial charge on any atom is -0.384 e. The fraction of sp³-hybridized carbons (Fsp3) is 0.273. The van der Waals surface area contributed by atoms with Gasteiger partial charge < -0.3 is 11.1 Å². The molecular formula is C11H13N3O. The molecule has 0 aromatic heterocycles. The first-order valence-corrected chi connectivity index (χ1v) is 4.67. The lowest BCUT2D eigenvalue weighted by atomic mass is 10.1. The van der Waals surface area contributed by atoms with Gasteiger partial charge in [-0.3, -0.25) is 4.79 Å². The van der Waals surface area contributed by atoms with Crippen LogP contribution in [0.1, 0.15) is 12.5 Å². The van der Waals surface area contributed by atoms with E-state index in [-0.39, 0.29) is 11.8 Å². The van der Waals surface area contributed by atoms with Gasteiger partial charge in [-0.15, -0.1) is 0 Å². The Balaban J connectivity index is 2.58. The zero-order valence-electron chi connectivity index (χ0n) is 8.53. The molecule has 0 heterocycles. The Morgan fingerprint density at radius 1 is 1.67 bits per heavy atom. The van der Waals surface area contributed by atoms with E-state index < -0.39 is 0 Å². The zero-order valence-corrected chi connectivity index (χ0v) is 8.53. The predicted octanol–water partition coefficient (Wildman–Crippen LogP) is 1.09. The molecule has 4 heteroatoms. The topological polar surface area (TPSA) is 78.9 Å². The van der Waals surface area contributed by atoms with Crippen LogP contribution in [-0.2, 0) is 4.79 Å². The number of amides is 1. The van der Waals surface area contributed by atoms with Crippen LogP contribution in [0.2, 0.25) is 0 Å². The number of hydrogen-bond donors (Lipinski definition) is 2. The number of anilines is 1. The van der Waals surface area contributed by atoms with E-state index >= 15 is 0 Å². The van der Waals surface area contributed by atoms with Crippen molar-refractivity contribution in [2.45, 2.75) is 6.92 Å². The fourth-order valence-electron chi connectivity index (χ4n) is 1.07. The molecule has 15 heavy (non-hydrogen) atoms. The van der Waals surface area contributed by atoms with Gasteiger partial charge >= 0.3 is 0 Å². The smallest absolute Gasteiger partial charge is 0.222 e. The minimum absolute atomic E-state index is 0.226. The molecule has 0 bridgehead atoms. The Morgan fingerprint density at radius 2 is 2.40 bits per heavy atom. The van der Waals surface area contributed by atoms with Crippen molar-refractivity contribution in [2.75, 3.05) is 11.9 Å². The van der Waals surface area contributed by atoms with Gasteiger partial charge in [0.1, 0.15) is 0 Å². The van der Waals surface area contributed by atoms with E-state index in [2.05, 4.69) is 5.32 Å². The molecule has 0 saturated heterocycles. The monoisotopic (exact) mass is 203 g/mol. The van der Waals surface area contributed by atoms with Gasteiger partial charge in [0.05, 0.1) is 17.6 Å². The van der Waals surface area contributed by atoms with E-state index in [4.69, 9.17) is 11.0 Å². The van der Waals surface area contributed by atoms with Crippen molar-refractivity contribution in [2.24, 2.45) is 11.7 Å². The van der Waals surface area contributed by atoms with E-state index in [9.17, 15) is 4.79 Å². The van der Waals surface area contributed by atoms with Crippen LogP contribution in [0.25, 0.3) is 0 Å². The average molecular weight is 203 g/mol. The summed E-state index contributed by atoms with van der Waals surface area (Å²) < 4.78 is 0. The van der Waals surface area contributed by atoms with E-state index in [1.807, 2.05) is 12.1 Å². The number of benzene rings is 1. The molecule has 4 nitrogen and oxygen atoms in total. The molecule has 1 rings (SSSR count). The summed E-state index contributed by atoms with van der Waals surface area (Å²) >= 11 is 0. The number of carbonyl (C=O) groups excluding carboxylic acids is 1. The number of nitrogens with zero attached hydrogens (tertiary/aromatic N) is 1. The molecule has 0 saturated carbocycles. The predicted molar refractivity (Wildman–Crippen MR) is 58.0 cm³/mol. The van der Waals surface area contributed by atoms with Crippen LogP contribution in [0.3, 0.4) is 0 Å². The van der Waals surface area contributed by atoms with Gasteiger partial charge in [0.2, 0.25) is 5.91 Å². The molecule has 0 fully saturated rings. The number of nitrogens with two attached hydrogens (primary N) is 1. The first-order valence-electron chi connectivity index (χ1n) is 4.67. The highest BCUT2D eigenvalue weighted by atomic mass is 16.1. The first-order chi connectivity index (χ1) is 7.13. The van der Waals surface area contributed by atoms with Crippen LogP contribution >= 0.6 is 0 Å². The van der Waals surface area contributed by atoms with Crippen LogP contribution in [-0.4, -0.2) is 12.5 Å². The molecule has 3 N–H and O–H groups in total. The van der Waals surface area contributed by atoms with Gasteiger partial charge in [0.15, 0.2) is 0 Å². The SMILES string of the molecule is CC(CNc1cccc(C#N)c1)C(N)=O. The number of rotatable bonds is 4. The second-order valence-corrected chi connectivity index (χ2v) is 3.38. The van der Waals surface area contributed by atoms with Crippen molar-refractivity contribution in [3.8, 4) is 6.07 Å². The van der Waals surface area contributed by atoms with E-state index in [0.29, 0.717) is 12.1 Å². The van der Waals surface area contributed by atoms with Crippen LogP contribution < -0.4 is 11.1 Å². The average Bonchev–Trinajstić information content (AvgIpc) is 2.26. The lowest BCUT2D eigenvalue weighted by molar-refractivity contribution is -0.120. The first kappa shape index (κ1) is 11.1. The molecular weight excluding hydrogens is 190 g/mol. The largest absolute Gasteiger partial charge is 0.384 e. The van der Waals surface area contributed by atoms with Crippen molar-refractivity contribution in [3.05, 3.63) is 29.8 Å². The third-order valence-corrected chi connectivity index (χ3v) is 2.09. The Labute approximate surface area is 88.7 Å². The molecule has 1 aromatic carbocycles. The van der Waals surface area contributed by atoms with Gasteiger partial charge in [0, 0.05) is 12.2 Å². The number of carbonyl (C=O) groups is 1. The highest BCUT2D eigenvalue weighted by molar-refractivity contribution is 5.76. The highest BCUT2D eigenvalue weighted by Gasteiger charge is 2.07. The highest BCUT2D eigenvalue weighted by Crippen LogP contribution is 2.10. The normalized spacial score (nSPS) is 11.5. The second kappa shape index (κ2) is 5.01. The lowest BCUT2D eigenvalue weighted by Crippen LogP contribution is -2.26. The number of primary amides is 1. The standard InChI is InChI=1S/C11H13N3O/c1-8(11(13)15)7-14-10-4-2-3-9(5-10)6-12/h2-5,8,14H,7H2,1H3,(H2,13,15). The molecule has 78 valence electrons. The number of hydrogen-bond acceptors (Lipinski definition) is 3. The van der Waals surface area contributed by atoms with Gasteiger partial charge in [0.25, 0.3) is 0 Å². The van der Waals surface area contributed by atoms with Crippen molar-refractivity contribution >= 4 is 11.6 Å². The number of nitrogens with one attached hydrogen (secondary N) is 1. The molecule has 1 atom stereocenters. The van der Waals surface area contributed by atoms with Crippen LogP contribution in [0.4, 0.5) is 5.69 Å². The molecule has 0 spiro atoms. The molecule has 0 aliphatic heterocycles. The third-order valence-electron chi connectivity index (χ3n) is 2.09. The van der Waals surface area contributed by atoms with E-state index in [1.165, 1.54) is 0 Å². The quantitative estimate of drug-likeness (QED) is 0.768. The molecule has 1 unspecified atom stereocenters. The van der Waals surface area contributed by atoms with Gasteiger partial charge in [-0.2, -0.15) is 5.26 Å². The maximum absolute atomic E-state index is 10.8. The van der Waals surface area contributed by atoms with Crippen molar-refractivity contribution < 1.29 is 4.79 Å². The summed E-state index contributed by atoms with van der Waals surface area (Å²) in [5, 5.41) is 11.7. The summed E-state index contributed by atoms with van der Waals surface area (Å²) in [6.07, 6.45) is 0. The summed E-state index contributed by atoms with van der Waals surface area (Å²) in [6, 6.07) is 9.13. The van der Waals surface area contributed by atoms with Gasteiger partial charge in [-0.1, -0.05) is 13.0 Å². The van der Waals surface area contributed by atoms with Crippen LogP contribution in [0.15, 0.2) is 24.3 Å². The molecule has 0 aliphatic carbocycles. The summed E-state index contributed by atoms with van der Waals surface area (Å²) in [5.74, 6) is -0.560. The Kier molecular flexibility index (Phi) is 3.69. The fourth-order valence-corrected chi connectivity index (χ4v) is 1.07. The molecule has 1 aromatic rings. The van der Waals surface area contributed by atoms with Gasteiger partial charge in [-0.05, 0) is 18.2 Å². The van der Waals surface area contributed by atoms with E-state index in [0.717, 1.165) is 5.69 Å². The van der Waals surface area contributed by atoms with Crippen LogP contribution in [0, 0.1) is 17.2 Å². The van der Waals surface area contributed by atoms with Crippen molar-refractivity contribution in [1.82, 2.24) is 0 Å². The summed E-state index contributed by atoms with van der Waals surface area (Å²) in [6.45, 7) is 2.23. The summed E-state index contributed by atoms with van der Waals surface area (Å²) in [4.78, 5) is 10.8.